The Morgan fingerprint density at radius 1 is 1.24 bits per heavy atom. The zero-order valence-corrected chi connectivity index (χ0v) is 19.1. The standard InChI is InChI=1S/C11H16F2N5O13P3/c1-10(12)7(20)11(13,2-28-33(24,25)31-34(26,27)30-32(21,22)23)29-8(10)18-3-15-4-5(18)16-9(14)17-6(4)19/h3,7-8,20H,2H2,1H3,(H,24,25)(H,26,27)(H2,21,22,23)(H3,14,16,17,19)/t7-,8+,10+,11+/m0/s1. The fourth-order valence-electron chi connectivity index (χ4n) is 2.95. The molecule has 3 heterocycles. The molecular weight excluding hydrogens is 541 g/mol. The van der Waals surface area contributed by atoms with Crippen LogP contribution in [0.4, 0.5) is 14.7 Å². The van der Waals surface area contributed by atoms with Gasteiger partial charge in [0.15, 0.2) is 29.2 Å². The van der Waals surface area contributed by atoms with E-state index in [1.54, 1.807) is 0 Å². The van der Waals surface area contributed by atoms with Gasteiger partial charge in [0, 0.05) is 0 Å². The first-order valence-corrected chi connectivity index (χ1v) is 13.0. The highest BCUT2D eigenvalue weighted by atomic mass is 31.3. The number of nitrogen functional groups attached to an aromatic ring is 1. The lowest BCUT2D eigenvalue weighted by Crippen LogP contribution is -2.46. The largest absolute Gasteiger partial charge is 0.490 e. The maximum Gasteiger partial charge on any atom is 0.490 e. The lowest BCUT2D eigenvalue weighted by Gasteiger charge is -2.25. The topological polar surface area (TPSA) is 279 Å². The molecule has 0 aromatic carbocycles. The van der Waals surface area contributed by atoms with Gasteiger partial charge >= 0.3 is 23.5 Å². The third-order valence-corrected chi connectivity index (χ3v) is 8.06. The molecule has 18 nitrogen and oxygen atoms in total. The number of nitrogens with zero attached hydrogens (tertiary/aromatic N) is 3. The van der Waals surface area contributed by atoms with E-state index in [0.717, 1.165) is 6.33 Å². The van der Waals surface area contributed by atoms with Crippen molar-refractivity contribution in [3.63, 3.8) is 0 Å². The zero-order valence-electron chi connectivity index (χ0n) is 16.5. The van der Waals surface area contributed by atoms with Crippen molar-refractivity contribution in [1.82, 2.24) is 19.5 Å². The summed E-state index contributed by atoms with van der Waals surface area (Å²) in [5.41, 5.74) is 0.833. The number of fused-ring (bicyclic) bond motifs is 1. The molecule has 23 heteroatoms. The molecule has 6 atom stereocenters. The Kier molecular flexibility index (Phi) is 6.72. The number of phosphoric ester groups is 1. The summed E-state index contributed by atoms with van der Waals surface area (Å²) in [7, 11) is -17.4. The van der Waals surface area contributed by atoms with Gasteiger partial charge in [-0.2, -0.15) is 13.6 Å². The molecule has 3 rings (SSSR count). The molecule has 2 unspecified atom stereocenters. The Labute approximate surface area is 185 Å². The smallest absolute Gasteiger partial charge is 0.384 e. The number of aliphatic hydroxyl groups is 1. The average Bonchev–Trinajstić information content (AvgIpc) is 3.11. The van der Waals surface area contributed by atoms with Crippen molar-refractivity contribution < 1.29 is 65.0 Å². The van der Waals surface area contributed by atoms with Gasteiger partial charge in [-0.25, -0.2) is 27.5 Å². The summed E-state index contributed by atoms with van der Waals surface area (Å²) in [6.45, 7) is -1.15. The number of nitrogens with two attached hydrogens (primary N) is 1. The first-order valence-electron chi connectivity index (χ1n) is 8.51. The van der Waals surface area contributed by atoms with Gasteiger partial charge in [-0.3, -0.25) is 18.9 Å². The fourth-order valence-corrected chi connectivity index (χ4v) is 5.98. The number of aromatic amines is 1. The van der Waals surface area contributed by atoms with Crippen LogP contribution in [0, 0.1) is 0 Å². The summed E-state index contributed by atoms with van der Waals surface area (Å²) in [4.78, 5) is 56.9. The summed E-state index contributed by atoms with van der Waals surface area (Å²) >= 11 is 0. The normalized spacial score (nSPS) is 31.4. The van der Waals surface area contributed by atoms with E-state index < -0.39 is 65.4 Å². The molecule has 192 valence electrons. The number of alkyl halides is 2. The van der Waals surface area contributed by atoms with E-state index in [1.807, 2.05) is 0 Å². The van der Waals surface area contributed by atoms with Crippen molar-refractivity contribution >= 4 is 40.6 Å². The quantitative estimate of drug-likeness (QED) is 0.198. The van der Waals surface area contributed by atoms with Crippen LogP contribution in [-0.2, 0) is 31.6 Å². The Balaban J connectivity index is 1.84. The van der Waals surface area contributed by atoms with E-state index in [2.05, 4.69) is 28.1 Å². The second-order valence-electron chi connectivity index (χ2n) is 6.95. The molecule has 0 amide bonds. The predicted molar refractivity (Wildman–Crippen MR) is 102 cm³/mol. The summed E-state index contributed by atoms with van der Waals surface area (Å²) in [5.74, 6) is -4.04. The molecule has 1 aliphatic rings. The predicted octanol–water partition coefficient (Wildman–Crippen LogP) is -0.671. The second-order valence-corrected chi connectivity index (χ2v) is 11.4. The second kappa shape index (κ2) is 8.48. The first kappa shape index (κ1) is 26.9. The van der Waals surface area contributed by atoms with Gasteiger partial charge in [0.1, 0.15) is 6.61 Å². The minimum absolute atomic E-state index is 0.354. The van der Waals surface area contributed by atoms with Gasteiger partial charge in [0.05, 0.1) is 6.33 Å². The molecule has 2 aromatic heterocycles. The van der Waals surface area contributed by atoms with Crippen LogP contribution in [0.5, 0.6) is 0 Å². The molecule has 0 saturated carbocycles. The van der Waals surface area contributed by atoms with Crippen LogP contribution in [0.3, 0.4) is 0 Å². The third-order valence-electron chi connectivity index (χ3n) is 4.28. The van der Waals surface area contributed by atoms with E-state index >= 15 is 8.78 Å². The van der Waals surface area contributed by atoms with Crippen molar-refractivity contribution in [2.75, 3.05) is 12.3 Å². The van der Waals surface area contributed by atoms with Gasteiger partial charge in [0.25, 0.3) is 11.4 Å². The molecule has 0 aliphatic carbocycles. The number of ether oxygens (including phenoxy) is 1. The van der Waals surface area contributed by atoms with Crippen molar-refractivity contribution in [2.45, 2.75) is 30.8 Å². The van der Waals surface area contributed by atoms with Crippen LogP contribution in [0.25, 0.3) is 11.2 Å². The number of nitrogens with one attached hydrogen (secondary N) is 1. The van der Waals surface area contributed by atoms with Crippen molar-refractivity contribution in [3.05, 3.63) is 16.7 Å². The van der Waals surface area contributed by atoms with Gasteiger partial charge in [-0.1, -0.05) is 0 Å². The molecule has 1 aliphatic heterocycles. The van der Waals surface area contributed by atoms with Crippen LogP contribution in [0.2, 0.25) is 0 Å². The highest BCUT2D eigenvalue weighted by Gasteiger charge is 2.65. The Hall–Kier alpha value is -1.66. The Morgan fingerprint density at radius 3 is 2.44 bits per heavy atom. The molecular formula is C11H16F2N5O13P3. The van der Waals surface area contributed by atoms with Crippen LogP contribution >= 0.6 is 23.5 Å². The minimum Gasteiger partial charge on any atom is -0.384 e. The Bertz CT molecular complexity index is 1310. The van der Waals surface area contributed by atoms with Gasteiger partial charge < -0.3 is 35.2 Å². The van der Waals surface area contributed by atoms with Gasteiger partial charge in [0.2, 0.25) is 5.95 Å². The average molecular weight is 557 g/mol. The molecule has 2 aromatic rings. The van der Waals surface area contributed by atoms with Crippen molar-refractivity contribution in [2.24, 2.45) is 0 Å². The lowest BCUT2D eigenvalue weighted by molar-refractivity contribution is -0.203. The summed E-state index contributed by atoms with van der Waals surface area (Å²) in [6, 6.07) is 0. The van der Waals surface area contributed by atoms with E-state index in [-0.39, 0.29) is 11.2 Å². The maximum atomic E-state index is 15.3. The van der Waals surface area contributed by atoms with Crippen LogP contribution in [-0.4, -0.2) is 68.4 Å². The summed E-state index contributed by atoms with van der Waals surface area (Å²) < 4.78 is 80.9. The van der Waals surface area contributed by atoms with E-state index in [0.29, 0.717) is 11.5 Å². The molecule has 1 fully saturated rings. The number of aromatic nitrogens is 4. The van der Waals surface area contributed by atoms with Crippen LogP contribution < -0.4 is 11.3 Å². The van der Waals surface area contributed by atoms with Gasteiger partial charge in [-0.05, 0) is 6.92 Å². The number of hydrogen-bond acceptors (Lipinski definition) is 12. The number of H-pyrrole nitrogens is 1. The molecule has 0 bridgehead atoms. The lowest BCUT2D eigenvalue weighted by atomic mass is 9.97. The Morgan fingerprint density at radius 2 is 1.85 bits per heavy atom. The number of halogens is 2. The number of hydrogen-bond donors (Lipinski definition) is 7. The highest BCUT2D eigenvalue weighted by Crippen LogP contribution is 2.66. The molecule has 0 spiro atoms. The monoisotopic (exact) mass is 557 g/mol. The number of aliphatic hydroxyl groups excluding tert-OH is 1. The maximum absolute atomic E-state index is 15.3. The molecule has 0 radical (unpaired) electrons. The van der Waals surface area contributed by atoms with Crippen molar-refractivity contribution in [3.8, 4) is 0 Å². The van der Waals surface area contributed by atoms with E-state index in [1.165, 1.54) is 0 Å². The van der Waals surface area contributed by atoms with Gasteiger partial charge in [-0.15, -0.1) is 0 Å². The summed E-state index contributed by atoms with van der Waals surface area (Å²) in [5, 5.41) is 10.2. The number of imidazole rings is 1. The van der Waals surface area contributed by atoms with E-state index in [9.17, 15) is 28.5 Å². The minimum atomic E-state index is -5.91. The SMILES string of the molecule is C[C@]1(F)[C@H](n2cnc3c(=O)[nH]c(N)nc32)O[C@](F)(COP(=O)(O)OP(=O)(O)OP(=O)(O)O)[C@H]1O. The highest BCUT2D eigenvalue weighted by molar-refractivity contribution is 7.66. The summed E-state index contributed by atoms with van der Waals surface area (Å²) in [6.07, 6.45) is -4.03. The molecule has 8 N–H and O–H groups in total. The van der Waals surface area contributed by atoms with E-state index in [4.69, 9.17) is 25.2 Å². The molecule has 1 saturated heterocycles. The number of rotatable bonds is 8. The van der Waals surface area contributed by atoms with Crippen LogP contribution in [0.1, 0.15) is 13.2 Å². The first-order chi connectivity index (χ1) is 15.3. The fraction of sp³-hybridized carbons (Fsp3) is 0.545. The van der Waals surface area contributed by atoms with Crippen molar-refractivity contribution in [1.29, 1.82) is 0 Å². The number of phosphoric acid groups is 3. The van der Waals surface area contributed by atoms with Crippen LogP contribution in [0.15, 0.2) is 11.1 Å². The zero-order chi connectivity index (χ0) is 25.9. The number of anilines is 1. The molecule has 34 heavy (non-hydrogen) atoms. The third kappa shape index (κ3) is 5.43.